The lowest BCUT2D eigenvalue weighted by Gasteiger charge is -2.35. The molecule has 1 atom stereocenters. The molecule has 0 saturated carbocycles. The lowest BCUT2D eigenvalue weighted by atomic mass is 10.1. The molecule has 0 radical (unpaired) electrons. The Labute approximate surface area is 156 Å². The smallest absolute Gasteiger partial charge is 0.194 e. The van der Waals surface area contributed by atoms with Gasteiger partial charge < -0.3 is 24.3 Å². The average molecular weight is 364 g/mol. The Kier molecular flexibility index (Phi) is 7.25. The molecule has 0 amide bonds. The molecule has 3 rings (SSSR count). The number of piperidine rings is 1. The van der Waals surface area contributed by atoms with Gasteiger partial charge in [-0.25, -0.2) is 4.99 Å². The number of nitrogens with one attached hydrogen (secondary N) is 1. The quantitative estimate of drug-likeness (QED) is 0.606. The maximum absolute atomic E-state index is 6.11. The Hall–Kier alpha value is -1.67. The second-order valence-corrected chi connectivity index (χ2v) is 7.04. The Morgan fingerprint density at radius 1 is 1.35 bits per heavy atom. The average Bonchev–Trinajstić information content (AvgIpc) is 3.10. The van der Waals surface area contributed by atoms with E-state index in [0.29, 0.717) is 18.8 Å². The van der Waals surface area contributed by atoms with Gasteiger partial charge in [0.15, 0.2) is 11.8 Å². The van der Waals surface area contributed by atoms with Gasteiger partial charge in [0.2, 0.25) is 0 Å². The van der Waals surface area contributed by atoms with Gasteiger partial charge in [0.25, 0.3) is 0 Å². The maximum atomic E-state index is 6.11. The van der Waals surface area contributed by atoms with Crippen LogP contribution < -0.4 is 5.32 Å². The topological polar surface area (TPSA) is 76.8 Å². The van der Waals surface area contributed by atoms with Gasteiger partial charge in [0.1, 0.15) is 12.9 Å². The van der Waals surface area contributed by atoms with E-state index in [9.17, 15) is 0 Å². The molecule has 0 spiro atoms. The van der Waals surface area contributed by atoms with Gasteiger partial charge >= 0.3 is 0 Å². The normalized spacial score (nSPS) is 22.6. The van der Waals surface area contributed by atoms with E-state index >= 15 is 0 Å². The lowest BCUT2D eigenvalue weighted by molar-refractivity contribution is -0.0721. The number of ether oxygens (including phenoxy) is 2. The van der Waals surface area contributed by atoms with Crippen LogP contribution in [0.15, 0.2) is 11.3 Å². The summed E-state index contributed by atoms with van der Waals surface area (Å²) >= 11 is 0. The fourth-order valence-electron chi connectivity index (χ4n) is 3.44. The second-order valence-electron chi connectivity index (χ2n) is 7.04. The van der Waals surface area contributed by atoms with Crippen molar-refractivity contribution in [3.8, 4) is 0 Å². The number of rotatable bonds is 6. The Bertz CT molecular complexity index is 562. The summed E-state index contributed by atoms with van der Waals surface area (Å²) in [6.07, 6.45) is 7.98. The molecule has 26 heavy (non-hydrogen) atoms. The zero-order chi connectivity index (χ0) is 18.2. The predicted molar refractivity (Wildman–Crippen MR) is 100.0 cm³/mol. The van der Waals surface area contributed by atoms with E-state index < -0.39 is 0 Å². The maximum Gasteiger partial charge on any atom is 0.194 e. The summed E-state index contributed by atoms with van der Waals surface area (Å²) in [5.41, 5.74) is 0. The van der Waals surface area contributed by atoms with Crippen LogP contribution in [0.2, 0.25) is 0 Å². The van der Waals surface area contributed by atoms with Gasteiger partial charge in [-0.15, -0.1) is 10.2 Å². The van der Waals surface area contributed by atoms with Crippen LogP contribution in [0.3, 0.4) is 0 Å². The van der Waals surface area contributed by atoms with Crippen LogP contribution in [0.5, 0.6) is 0 Å². The van der Waals surface area contributed by atoms with Crippen molar-refractivity contribution in [2.75, 3.05) is 32.8 Å². The Balaban J connectivity index is 1.45. The van der Waals surface area contributed by atoms with Gasteiger partial charge in [-0.2, -0.15) is 0 Å². The van der Waals surface area contributed by atoms with Crippen molar-refractivity contribution in [2.24, 2.45) is 12.0 Å². The van der Waals surface area contributed by atoms with E-state index in [0.717, 1.165) is 63.9 Å². The minimum atomic E-state index is 0.298. The van der Waals surface area contributed by atoms with Crippen molar-refractivity contribution < 1.29 is 9.47 Å². The van der Waals surface area contributed by atoms with Crippen LogP contribution in [0.1, 0.15) is 44.9 Å². The fraction of sp³-hybridized carbons (Fsp3) is 0.833. The predicted octanol–water partition coefficient (Wildman–Crippen LogP) is 1.33. The summed E-state index contributed by atoms with van der Waals surface area (Å²) in [6, 6.07) is 0. The SMILES string of the molecule is CCNC(=NCc1nncn1C)N1CCC(OCC2CCCCO2)CC1. The highest BCUT2D eigenvalue weighted by Crippen LogP contribution is 2.18. The third-order valence-electron chi connectivity index (χ3n) is 5.04. The molecule has 2 fully saturated rings. The third-order valence-corrected chi connectivity index (χ3v) is 5.04. The first-order valence-electron chi connectivity index (χ1n) is 9.85. The number of guanidine groups is 1. The summed E-state index contributed by atoms with van der Waals surface area (Å²) in [5, 5.41) is 11.4. The van der Waals surface area contributed by atoms with Gasteiger partial charge in [-0.1, -0.05) is 0 Å². The number of aliphatic imine (C=N–C) groups is 1. The minimum Gasteiger partial charge on any atom is -0.376 e. The van der Waals surface area contributed by atoms with E-state index in [2.05, 4.69) is 27.3 Å². The van der Waals surface area contributed by atoms with E-state index in [1.54, 1.807) is 6.33 Å². The van der Waals surface area contributed by atoms with Crippen LogP contribution >= 0.6 is 0 Å². The molecule has 8 nitrogen and oxygen atoms in total. The molecule has 0 bridgehead atoms. The summed E-state index contributed by atoms with van der Waals surface area (Å²) in [5.74, 6) is 1.82. The number of hydrogen-bond donors (Lipinski definition) is 1. The fourth-order valence-corrected chi connectivity index (χ4v) is 3.44. The van der Waals surface area contributed by atoms with Crippen molar-refractivity contribution in [3.05, 3.63) is 12.2 Å². The van der Waals surface area contributed by atoms with E-state index in [1.807, 2.05) is 11.6 Å². The van der Waals surface area contributed by atoms with Gasteiger partial charge in [0, 0.05) is 33.3 Å². The molecule has 2 aliphatic rings. The standard InChI is InChI=1S/C18H32N6O2/c1-3-19-18(20-12-17-22-21-14-23(17)2)24-9-7-15(8-10-24)26-13-16-6-4-5-11-25-16/h14-16H,3-13H2,1-2H3,(H,19,20). The number of aryl methyl sites for hydroxylation is 1. The van der Waals surface area contributed by atoms with E-state index in [4.69, 9.17) is 14.5 Å². The first-order chi connectivity index (χ1) is 12.8. The molecular formula is C18H32N6O2. The minimum absolute atomic E-state index is 0.298. The molecule has 3 heterocycles. The molecule has 2 saturated heterocycles. The van der Waals surface area contributed by atoms with Crippen LogP contribution in [0, 0.1) is 0 Å². The van der Waals surface area contributed by atoms with Gasteiger partial charge in [0.05, 0.1) is 18.8 Å². The van der Waals surface area contributed by atoms with Crippen LogP contribution in [0.4, 0.5) is 0 Å². The number of hydrogen-bond acceptors (Lipinski definition) is 5. The highest BCUT2D eigenvalue weighted by atomic mass is 16.5. The lowest BCUT2D eigenvalue weighted by Crippen LogP contribution is -2.47. The van der Waals surface area contributed by atoms with Crippen molar-refractivity contribution in [1.29, 1.82) is 0 Å². The molecule has 0 aliphatic carbocycles. The zero-order valence-corrected chi connectivity index (χ0v) is 16.1. The van der Waals surface area contributed by atoms with E-state index in [1.165, 1.54) is 12.8 Å². The molecular weight excluding hydrogens is 332 g/mol. The molecule has 1 aromatic heterocycles. The summed E-state index contributed by atoms with van der Waals surface area (Å²) in [7, 11) is 1.94. The Morgan fingerprint density at radius 2 is 2.19 bits per heavy atom. The molecule has 1 N–H and O–H groups in total. The van der Waals surface area contributed by atoms with Crippen molar-refractivity contribution in [3.63, 3.8) is 0 Å². The molecule has 2 aliphatic heterocycles. The van der Waals surface area contributed by atoms with Crippen LogP contribution in [0.25, 0.3) is 0 Å². The zero-order valence-electron chi connectivity index (χ0n) is 16.1. The number of nitrogens with zero attached hydrogens (tertiary/aromatic N) is 5. The molecule has 146 valence electrons. The molecule has 1 aromatic rings. The summed E-state index contributed by atoms with van der Waals surface area (Å²) in [4.78, 5) is 7.05. The van der Waals surface area contributed by atoms with Crippen LogP contribution in [-0.2, 0) is 23.1 Å². The third kappa shape index (κ3) is 5.41. The van der Waals surface area contributed by atoms with E-state index in [-0.39, 0.29) is 0 Å². The summed E-state index contributed by atoms with van der Waals surface area (Å²) in [6.45, 7) is 7.03. The van der Waals surface area contributed by atoms with Crippen LogP contribution in [-0.4, -0.2) is 70.7 Å². The van der Waals surface area contributed by atoms with Gasteiger partial charge in [-0.3, -0.25) is 0 Å². The van der Waals surface area contributed by atoms with Gasteiger partial charge in [-0.05, 0) is 39.0 Å². The highest BCUT2D eigenvalue weighted by molar-refractivity contribution is 5.80. The summed E-state index contributed by atoms with van der Waals surface area (Å²) < 4.78 is 13.8. The molecule has 8 heteroatoms. The number of aromatic nitrogens is 3. The van der Waals surface area contributed by atoms with Crippen molar-refractivity contribution >= 4 is 5.96 Å². The Morgan fingerprint density at radius 3 is 2.85 bits per heavy atom. The monoisotopic (exact) mass is 364 g/mol. The molecule has 0 aromatic carbocycles. The highest BCUT2D eigenvalue weighted by Gasteiger charge is 2.23. The molecule has 1 unspecified atom stereocenters. The first-order valence-corrected chi connectivity index (χ1v) is 9.85. The number of likely N-dealkylation sites (tertiary alicyclic amines) is 1. The van der Waals surface area contributed by atoms with Crippen molar-refractivity contribution in [2.45, 2.75) is 57.8 Å². The first kappa shape index (κ1) is 19.1. The largest absolute Gasteiger partial charge is 0.376 e. The second kappa shape index (κ2) is 9.87. The van der Waals surface area contributed by atoms with Crippen molar-refractivity contribution in [1.82, 2.24) is 25.0 Å².